The number of carbonyl (C=O) groups is 12. The van der Waals surface area contributed by atoms with Crippen molar-refractivity contribution in [3.8, 4) is 0 Å². The van der Waals surface area contributed by atoms with Gasteiger partial charge in [0.1, 0.15) is 78.2 Å². The summed E-state index contributed by atoms with van der Waals surface area (Å²) in [6, 6.07) is -12.4. The fourth-order valence-electron chi connectivity index (χ4n) is 18.9. The average Bonchev–Trinajstić information content (AvgIpc) is 1.68. The Bertz CT molecular complexity index is 3320. The summed E-state index contributed by atoms with van der Waals surface area (Å²) in [5, 5.41) is 8.54. The molecule has 1 spiro atoms. The average molecular weight is 1590 g/mol. The topological polar surface area (TPSA) is 289 Å². The lowest BCUT2D eigenvalue weighted by Crippen LogP contribution is -2.66. The van der Waals surface area contributed by atoms with Crippen LogP contribution in [0, 0.1) is 41.4 Å². The molecule has 626 valence electrons. The van der Waals surface area contributed by atoms with Crippen molar-refractivity contribution in [3.63, 3.8) is 0 Å². The lowest BCUT2D eigenvalue weighted by atomic mass is 9.76. The Morgan fingerprint density at radius 1 is 0.604 bits per heavy atom. The van der Waals surface area contributed by atoms with Crippen LogP contribution in [0.15, 0.2) is 0 Å². The van der Waals surface area contributed by atoms with Crippen LogP contribution in [0.25, 0.3) is 0 Å². The van der Waals surface area contributed by atoms with E-state index in [2.05, 4.69) is 16.0 Å². The Hall–Kier alpha value is -7.00. The first-order chi connectivity index (χ1) is 52.4. The maximum absolute atomic E-state index is 15.8. The molecule has 4 saturated carbocycles. The first-order valence-corrected chi connectivity index (χ1v) is 40.4. The summed E-state index contributed by atoms with van der Waals surface area (Å²) >= 11 is 0. The molecule has 5 heterocycles. The highest BCUT2D eigenvalue weighted by molar-refractivity contribution is 6.01. The Kier molecular flexibility index (Phi) is 29.7. The van der Waals surface area contributed by atoms with Crippen LogP contribution in [0.2, 0.25) is 0 Å². The van der Waals surface area contributed by atoms with Gasteiger partial charge in [0, 0.05) is 81.0 Å². The summed E-state index contributed by atoms with van der Waals surface area (Å²) in [5.41, 5.74) is -1.72. The summed E-state index contributed by atoms with van der Waals surface area (Å²) in [7, 11) is 6.82. The lowest BCUT2D eigenvalue weighted by Gasteiger charge is -2.45. The molecule has 9 rings (SSSR count). The van der Waals surface area contributed by atoms with Crippen LogP contribution in [-0.2, 0) is 67.0 Å². The molecule has 0 aromatic carbocycles. The molecule has 4 aliphatic carbocycles. The van der Waals surface area contributed by atoms with Crippen molar-refractivity contribution in [2.45, 2.75) is 279 Å². The molecule has 26 nitrogen and oxygen atoms in total. The van der Waals surface area contributed by atoms with Crippen LogP contribution in [0.1, 0.15) is 189 Å². The van der Waals surface area contributed by atoms with Crippen molar-refractivity contribution < 1.29 is 102 Å². The van der Waals surface area contributed by atoms with Gasteiger partial charge in [-0.3, -0.25) is 57.5 Å². The molecule has 14 atom stereocenters. The van der Waals surface area contributed by atoms with E-state index in [9.17, 15) is 35.9 Å². The van der Waals surface area contributed by atoms with Gasteiger partial charge in [-0.15, -0.1) is 0 Å². The predicted octanol–water partition coefficient (Wildman–Crippen LogP) is 6.10. The maximum Gasteiger partial charge on any atom is 0.397 e. The van der Waals surface area contributed by atoms with E-state index in [-0.39, 0.29) is 142 Å². The zero-order valence-electron chi connectivity index (χ0n) is 66.1. The molecule has 0 radical (unpaired) electrons. The largest absolute Gasteiger partial charge is 0.397 e. The molecule has 5 saturated heterocycles. The fraction of sp³-hybridized carbons (Fsp3) is 0.844. The molecule has 2 bridgehead atoms. The number of likely N-dealkylation sites (N-methyl/N-ethyl adjacent to an activating group) is 5. The van der Waals surface area contributed by atoms with Gasteiger partial charge < -0.3 is 69.5 Å². The number of rotatable bonds is 12. The molecular formula is C77H118F8N12O14. The third kappa shape index (κ3) is 20.2. The van der Waals surface area contributed by atoms with Crippen LogP contribution in [0.5, 0.6) is 0 Å². The minimum atomic E-state index is -5.22. The van der Waals surface area contributed by atoms with E-state index in [4.69, 9.17) is 9.47 Å². The number of nitrogens with one attached hydrogen (secondary N) is 3. The van der Waals surface area contributed by atoms with Gasteiger partial charge in [0.15, 0.2) is 0 Å². The standard InChI is InChI=1S/C77H118F8N12O14/c1-11-45(5)63-72(107)95-31-27-55(95)69(104)91(8)57-36-44(4)26-30-96(71(57)106)59(39-46-20-23-49(24-21-46)76(80,81)82)68(103)89(6)43-60(98)86-53(25-22-47-37-51(78)62(52(79)38-47)77(83,84)85)67(102)97-42-50(111-13-3)40-56(97)66(101)88-75(28-16-17-29-75)74(109)93(10)64(48-18-14-15-19-48)73(108)92(9)58(70(105)94-32-34-110-35-33-94)41-61(99)90(7)54(12-2)65(100)87-63/h44-59,62-64H,11-43H2,1-10H3,(H,86,98)(H,87,100)(H,88,101)/t44-,45-,46?,47?,49?,50+,51?,52?,53-,54-,55-,56-,57-,58-,59-,62?,63-,64-/m0/s1. The third-order valence-electron chi connectivity index (χ3n) is 25.9. The SMILES string of the molecule is CCO[C@@H]1C[C@H]2C(=O)NC3(CCCC3)C(=O)N(C)[C@@H](C3CCCC3)C(=O)N(C)[C@H](C(=O)N3CCOCC3)CC(=O)N(C)[C@@H](CC)C(=O)N[C@@H]([C@@H](C)CC)C(=O)N3CC[C@H]3C(=O)N(C)[C@H]3C[C@@H](C)CCN(C3=O)[C@@H](CC3CCC(C(F)(F)F)CC3)C(=O)N(C)CC(=O)N[C@@H](CCC3CC(F)C(C(F)(F)F)C(F)C3)C(=O)N2C1. The quantitative estimate of drug-likeness (QED) is 0.186. The first-order valence-electron chi connectivity index (χ1n) is 40.4. The second-order valence-electron chi connectivity index (χ2n) is 33.2. The minimum absolute atomic E-state index is 0.00754. The molecule has 12 amide bonds. The number of hydrogen-bond donors (Lipinski definition) is 3. The second-order valence-corrected chi connectivity index (χ2v) is 33.2. The Labute approximate surface area is 645 Å². The number of nitrogens with zero attached hydrogens (tertiary/aromatic N) is 9. The van der Waals surface area contributed by atoms with Crippen LogP contribution < -0.4 is 16.0 Å². The summed E-state index contributed by atoms with van der Waals surface area (Å²) in [6.45, 7) is 8.14. The van der Waals surface area contributed by atoms with Gasteiger partial charge in [-0.25, -0.2) is 8.78 Å². The van der Waals surface area contributed by atoms with Crippen molar-refractivity contribution in [2.75, 3.05) is 94.3 Å². The fourth-order valence-corrected chi connectivity index (χ4v) is 18.9. The molecule has 9 fully saturated rings. The van der Waals surface area contributed by atoms with E-state index in [1.807, 2.05) is 6.92 Å². The molecule has 111 heavy (non-hydrogen) atoms. The zero-order chi connectivity index (χ0) is 81.5. The van der Waals surface area contributed by atoms with Gasteiger partial charge >= 0.3 is 12.4 Å². The summed E-state index contributed by atoms with van der Waals surface area (Å²) in [6.07, 6.45) is -15.6. The van der Waals surface area contributed by atoms with E-state index in [0.717, 1.165) is 14.7 Å². The maximum atomic E-state index is 15.8. The van der Waals surface area contributed by atoms with E-state index in [0.29, 0.717) is 44.9 Å². The first kappa shape index (κ1) is 88.0. The summed E-state index contributed by atoms with van der Waals surface area (Å²) < 4.78 is 127. The molecule has 5 aliphatic heterocycles. The van der Waals surface area contributed by atoms with Crippen molar-refractivity contribution in [3.05, 3.63) is 0 Å². The zero-order valence-corrected chi connectivity index (χ0v) is 66.1. The predicted molar refractivity (Wildman–Crippen MR) is 388 cm³/mol. The molecule has 9 aliphatic rings. The van der Waals surface area contributed by atoms with Gasteiger partial charge in [0.25, 0.3) is 0 Å². The van der Waals surface area contributed by atoms with E-state index < -0.39 is 229 Å². The monoisotopic (exact) mass is 1590 g/mol. The highest BCUT2D eigenvalue weighted by Crippen LogP contribution is 2.46. The number of alkyl halides is 8. The number of ether oxygens (including phenoxy) is 2. The van der Waals surface area contributed by atoms with Crippen LogP contribution in [0.4, 0.5) is 35.1 Å². The number of carbonyl (C=O) groups excluding carboxylic acids is 12. The highest BCUT2D eigenvalue weighted by atomic mass is 19.4. The Balaban J connectivity index is 1.11. The van der Waals surface area contributed by atoms with Crippen molar-refractivity contribution in [1.29, 1.82) is 0 Å². The number of hydrogen-bond acceptors (Lipinski definition) is 14. The summed E-state index contributed by atoms with van der Waals surface area (Å²) in [5.74, 6) is -16.6. The van der Waals surface area contributed by atoms with E-state index in [1.54, 1.807) is 27.7 Å². The van der Waals surface area contributed by atoms with E-state index in [1.165, 1.54) is 64.6 Å². The third-order valence-corrected chi connectivity index (χ3v) is 25.9. The van der Waals surface area contributed by atoms with Gasteiger partial charge in [-0.05, 0) is 146 Å². The minimum Gasteiger partial charge on any atom is -0.378 e. The van der Waals surface area contributed by atoms with Gasteiger partial charge in [0.05, 0.1) is 38.2 Å². The Morgan fingerprint density at radius 3 is 1.81 bits per heavy atom. The summed E-state index contributed by atoms with van der Waals surface area (Å²) in [4.78, 5) is 195. The lowest BCUT2D eigenvalue weighted by molar-refractivity contribution is -0.219. The van der Waals surface area contributed by atoms with E-state index >= 15 is 56.7 Å². The molecule has 34 heteroatoms. The number of fused-ring (bicyclic) bond motifs is 4. The molecule has 3 N–H and O–H groups in total. The van der Waals surface area contributed by atoms with Gasteiger partial charge in [-0.1, -0.05) is 59.8 Å². The molecule has 0 aromatic rings. The smallest absolute Gasteiger partial charge is 0.378 e. The molecule has 2 unspecified atom stereocenters. The van der Waals surface area contributed by atoms with Crippen LogP contribution >= 0.6 is 0 Å². The number of amides is 12. The van der Waals surface area contributed by atoms with Crippen LogP contribution in [-0.4, -0.2) is 300 Å². The van der Waals surface area contributed by atoms with Crippen molar-refractivity contribution in [2.24, 2.45) is 41.4 Å². The molecule has 0 aromatic heterocycles. The van der Waals surface area contributed by atoms with Gasteiger partial charge in [-0.2, -0.15) is 26.3 Å². The number of halogens is 8. The Morgan fingerprint density at radius 2 is 1.23 bits per heavy atom. The number of morpholine rings is 1. The molecular weight excluding hydrogens is 1470 g/mol. The van der Waals surface area contributed by atoms with Gasteiger partial charge in [0.2, 0.25) is 70.9 Å². The normalized spacial score (nSPS) is 33.8. The highest BCUT2D eigenvalue weighted by Gasteiger charge is 2.57. The second kappa shape index (κ2) is 37.5. The van der Waals surface area contributed by atoms with Crippen molar-refractivity contribution >= 4 is 70.9 Å². The van der Waals surface area contributed by atoms with Crippen LogP contribution in [0.3, 0.4) is 0 Å². The van der Waals surface area contributed by atoms with Crippen molar-refractivity contribution in [1.82, 2.24) is 60.0 Å².